The fraction of sp³-hybridized carbons (Fsp3) is 0.286. The van der Waals surface area contributed by atoms with Crippen LogP contribution in [0.3, 0.4) is 0 Å². The van der Waals surface area contributed by atoms with Crippen LogP contribution in [0, 0.1) is 0 Å². The Morgan fingerprint density at radius 2 is 1.86 bits per heavy atom. The summed E-state index contributed by atoms with van der Waals surface area (Å²) in [6.45, 7) is 0. The molecule has 28 heavy (non-hydrogen) atoms. The van der Waals surface area contributed by atoms with Gasteiger partial charge in [-0.25, -0.2) is 0 Å². The summed E-state index contributed by atoms with van der Waals surface area (Å²) in [5.74, 6) is 1.56. The minimum atomic E-state index is -0.367. The molecule has 2 aromatic carbocycles. The van der Waals surface area contributed by atoms with Crippen molar-refractivity contribution in [2.45, 2.75) is 29.3 Å². The predicted molar refractivity (Wildman–Crippen MR) is 109 cm³/mol. The third kappa shape index (κ3) is 4.04. The Morgan fingerprint density at radius 3 is 2.50 bits per heavy atom. The summed E-state index contributed by atoms with van der Waals surface area (Å²) in [5.41, 5.74) is 1.90. The molecule has 0 saturated heterocycles. The zero-order valence-corrected chi connectivity index (χ0v) is 16.6. The van der Waals surface area contributed by atoms with Crippen LogP contribution in [0.25, 0.3) is 11.4 Å². The molecule has 1 amide bonds. The van der Waals surface area contributed by atoms with Crippen molar-refractivity contribution in [3.05, 3.63) is 60.2 Å². The van der Waals surface area contributed by atoms with Gasteiger partial charge in [0.25, 0.3) is 0 Å². The van der Waals surface area contributed by atoms with Crippen molar-refractivity contribution in [2.75, 3.05) is 7.11 Å². The topological polar surface area (TPSA) is 69.0 Å². The number of hydrogen-bond donors (Lipinski definition) is 1. The summed E-state index contributed by atoms with van der Waals surface area (Å²) in [5, 5.41) is 12.1. The number of carbonyl (C=O) groups excluding carboxylic acids is 1. The first-order valence-electron chi connectivity index (χ1n) is 9.21. The number of nitrogens with zero attached hydrogens (tertiary/aromatic N) is 3. The quantitative estimate of drug-likeness (QED) is 0.620. The first kappa shape index (κ1) is 18.6. The average Bonchev–Trinajstić information content (AvgIpc) is 3.47. The molecule has 0 radical (unpaired) electrons. The largest absolute Gasteiger partial charge is 0.497 e. The van der Waals surface area contributed by atoms with Gasteiger partial charge in [-0.15, -0.1) is 10.2 Å². The minimum absolute atomic E-state index is 0.0210. The number of nitrogens with one attached hydrogen (secondary N) is 1. The standard InChI is InChI=1S/C21H22N4O2S/c1-25-19(15-8-12-17(27-2)13-9-15)23-24-21(25)28-18(14-6-4-3-5-7-14)20(26)22-16-10-11-16/h3-9,12-13,16,18H,10-11H2,1-2H3,(H,22,26)/t18-/m1/s1. The molecule has 1 N–H and O–H groups in total. The van der Waals surface area contributed by atoms with E-state index in [4.69, 9.17) is 4.74 Å². The maximum atomic E-state index is 12.9. The lowest BCUT2D eigenvalue weighted by Crippen LogP contribution is -2.29. The first-order valence-corrected chi connectivity index (χ1v) is 10.1. The summed E-state index contributed by atoms with van der Waals surface area (Å²) in [4.78, 5) is 12.9. The smallest absolute Gasteiger partial charge is 0.238 e. The highest BCUT2D eigenvalue weighted by Gasteiger charge is 2.30. The van der Waals surface area contributed by atoms with E-state index >= 15 is 0 Å². The normalized spacial score (nSPS) is 14.5. The zero-order valence-electron chi connectivity index (χ0n) is 15.8. The molecule has 6 nitrogen and oxygen atoms in total. The van der Waals surface area contributed by atoms with Crippen LogP contribution in [-0.4, -0.2) is 33.8 Å². The van der Waals surface area contributed by atoms with Gasteiger partial charge in [-0.1, -0.05) is 42.1 Å². The molecule has 0 spiro atoms. The molecule has 1 atom stereocenters. The number of aromatic nitrogens is 3. The molecule has 1 aliphatic rings. The van der Waals surface area contributed by atoms with Gasteiger partial charge < -0.3 is 14.6 Å². The number of rotatable bonds is 7. The molecule has 4 rings (SSSR count). The fourth-order valence-electron chi connectivity index (χ4n) is 2.92. The summed E-state index contributed by atoms with van der Waals surface area (Å²) < 4.78 is 7.14. The molecule has 0 aliphatic heterocycles. The summed E-state index contributed by atoms with van der Waals surface area (Å²) in [6, 6.07) is 17.8. The van der Waals surface area contributed by atoms with Crippen molar-refractivity contribution < 1.29 is 9.53 Å². The van der Waals surface area contributed by atoms with E-state index in [1.54, 1.807) is 7.11 Å². The van der Waals surface area contributed by atoms with E-state index in [0.717, 1.165) is 35.5 Å². The van der Waals surface area contributed by atoms with E-state index in [9.17, 15) is 4.79 Å². The van der Waals surface area contributed by atoms with Gasteiger partial charge in [0.15, 0.2) is 11.0 Å². The molecule has 1 saturated carbocycles. The Balaban J connectivity index is 1.59. The van der Waals surface area contributed by atoms with Crippen LogP contribution in [0.4, 0.5) is 0 Å². The fourth-order valence-corrected chi connectivity index (χ4v) is 3.93. The molecule has 0 bridgehead atoms. The number of benzene rings is 2. The molecule has 3 aromatic rings. The highest BCUT2D eigenvalue weighted by Crippen LogP contribution is 2.36. The summed E-state index contributed by atoms with van der Waals surface area (Å²) in [7, 11) is 3.56. The number of carbonyl (C=O) groups is 1. The van der Waals surface area contributed by atoms with Gasteiger partial charge in [-0.05, 0) is 42.7 Å². The Kier molecular flexibility index (Phi) is 5.34. The van der Waals surface area contributed by atoms with Crippen LogP contribution < -0.4 is 10.1 Å². The van der Waals surface area contributed by atoms with E-state index in [0.29, 0.717) is 11.2 Å². The number of amides is 1. The van der Waals surface area contributed by atoms with E-state index in [2.05, 4.69) is 15.5 Å². The molecule has 0 unspecified atom stereocenters. The van der Waals surface area contributed by atoms with E-state index in [1.165, 1.54) is 11.8 Å². The molecule has 1 aromatic heterocycles. The average molecular weight is 395 g/mol. The van der Waals surface area contributed by atoms with Gasteiger partial charge >= 0.3 is 0 Å². The van der Waals surface area contributed by atoms with Crippen molar-refractivity contribution in [1.82, 2.24) is 20.1 Å². The Labute approximate surface area is 168 Å². The first-order chi connectivity index (χ1) is 13.7. The van der Waals surface area contributed by atoms with Crippen molar-refractivity contribution in [2.24, 2.45) is 7.05 Å². The molecular formula is C21H22N4O2S. The third-order valence-electron chi connectivity index (χ3n) is 4.67. The lowest BCUT2D eigenvalue weighted by Gasteiger charge is -2.16. The second kappa shape index (κ2) is 8.06. The minimum Gasteiger partial charge on any atom is -0.497 e. The maximum Gasteiger partial charge on any atom is 0.238 e. The van der Waals surface area contributed by atoms with Crippen LogP contribution in [0.5, 0.6) is 5.75 Å². The molecular weight excluding hydrogens is 372 g/mol. The summed E-state index contributed by atoms with van der Waals surface area (Å²) in [6.07, 6.45) is 2.12. The highest BCUT2D eigenvalue weighted by molar-refractivity contribution is 8.00. The monoisotopic (exact) mass is 394 g/mol. The highest BCUT2D eigenvalue weighted by atomic mass is 32.2. The lowest BCUT2D eigenvalue weighted by molar-refractivity contribution is -0.120. The zero-order chi connectivity index (χ0) is 19.5. The van der Waals surface area contributed by atoms with Crippen molar-refractivity contribution >= 4 is 17.7 Å². The molecule has 1 aliphatic carbocycles. The number of ether oxygens (including phenoxy) is 1. The maximum absolute atomic E-state index is 12.9. The second-order valence-corrected chi connectivity index (χ2v) is 7.86. The summed E-state index contributed by atoms with van der Waals surface area (Å²) >= 11 is 1.42. The Hall–Kier alpha value is -2.80. The number of thioether (sulfide) groups is 1. The molecule has 1 heterocycles. The van der Waals surface area contributed by atoms with Gasteiger partial charge in [0.2, 0.25) is 5.91 Å². The predicted octanol–water partition coefficient (Wildman–Crippen LogP) is 3.60. The van der Waals surface area contributed by atoms with Crippen LogP contribution in [0.1, 0.15) is 23.7 Å². The number of hydrogen-bond acceptors (Lipinski definition) is 5. The van der Waals surface area contributed by atoms with Gasteiger partial charge in [0.05, 0.1) is 7.11 Å². The van der Waals surface area contributed by atoms with Gasteiger partial charge in [0.1, 0.15) is 11.0 Å². The van der Waals surface area contributed by atoms with Crippen LogP contribution in [0.15, 0.2) is 59.8 Å². The number of methoxy groups -OCH3 is 1. The van der Waals surface area contributed by atoms with Gasteiger partial charge in [-0.2, -0.15) is 0 Å². The molecule has 1 fully saturated rings. The van der Waals surface area contributed by atoms with Crippen LogP contribution >= 0.6 is 11.8 Å². The van der Waals surface area contributed by atoms with Gasteiger partial charge in [-0.3, -0.25) is 4.79 Å². The van der Waals surface area contributed by atoms with Crippen molar-refractivity contribution in [3.63, 3.8) is 0 Å². The SMILES string of the molecule is COc1ccc(-c2nnc(S[C@@H](C(=O)NC3CC3)c3ccccc3)n2C)cc1. The second-order valence-electron chi connectivity index (χ2n) is 6.79. The van der Waals surface area contributed by atoms with E-state index < -0.39 is 0 Å². The van der Waals surface area contributed by atoms with Crippen LogP contribution in [-0.2, 0) is 11.8 Å². The molecule has 144 valence electrons. The third-order valence-corrected chi connectivity index (χ3v) is 5.96. The van der Waals surface area contributed by atoms with E-state index in [1.807, 2.05) is 66.2 Å². The lowest BCUT2D eigenvalue weighted by atomic mass is 10.1. The Bertz CT molecular complexity index is 952. The van der Waals surface area contributed by atoms with Crippen molar-refractivity contribution in [1.29, 1.82) is 0 Å². The molecule has 7 heteroatoms. The van der Waals surface area contributed by atoms with Crippen molar-refractivity contribution in [3.8, 4) is 17.1 Å². The Morgan fingerprint density at radius 1 is 1.14 bits per heavy atom. The van der Waals surface area contributed by atoms with E-state index in [-0.39, 0.29) is 11.2 Å². The van der Waals surface area contributed by atoms with Gasteiger partial charge in [0, 0.05) is 18.7 Å². The van der Waals surface area contributed by atoms with Crippen LogP contribution in [0.2, 0.25) is 0 Å².